The second-order valence-electron chi connectivity index (χ2n) is 4.92. The van der Waals surface area contributed by atoms with Crippen LogP contribution in [0.4, 0.5) is 0 Å². The topological polar surface area (TPSA) is 56.0 Å². The minimum absolute atomic E-state index is 0.160. The van der Waals surface area contributed by atoms with Gasteiger partial charge in [0.25, 0.3) is 0 Å². The Kier molecular flexibility index (Phi) is 3.46. The minimum atomic E-state index is -0.499. The monoisotopic (exact) mass is 230 g/mol. The molecule has 1 aliphatic rings. The van der Waals surface area contributed by atoms with Crippen LogP contribution in [0.5, 0.6) is 0 Å². The van der Waals surface area contributed by atoms with E-state index in [4.69, 9.17) is 5.26 Å². The van der Waals surface area contributed by atoms with E-state index in [-0.39, 0.29) is 6.04 Å². The van der Waals surface area contributed by atoms with E-state index in [2.05, 4.69) is 18.3 Å². The van der Waals surface area contributed by atoms with Crippen molar-refractivity contribution in [3.8, 4) is 6.07 Å². The van der Waals surface area contributed by atoms with Crippen molar-refractivity contribution in [1.29, 1.82) is 5.26 Å². The van der Waals surface area contributed by atoms with E-state index in [0.29, 0.717) is 12.1 Å². The van der Waals surface area contributed by atoms with Gasteiger partial charge in [-0.2, -0.15) is 5.26 Å². The third-order valence-electron chi connectivity index (χ3n) is 3.54. The first kappa shape index (κ1) is 12.1. The zero-order valence-electron chi connectivity index (χ0n) is 10.1. The molecule has 2 rings (SSSR count). The molecule has 0 heterocycles. The van der Waals surface area contributed by atoms with Crippen LogP contribution in [-0.4, -0.2) is 17.3 Å². The van der Waals surface area contributed by atoms with Gasteiger partial charge >= 0.3 is 0 Å². The largest absolute Gasteiger partial charge is 0.389 e. The smallest absolute Gasteiger partial charge is 0.0991 e. The van der Waals surface area contributed by atoms with Crippen molar-refractivity contribution in [2.75, 3.05) is 6.54 Å². The van der Waals surface area contributed by atoms with Crippen LogP contribution in [0, 0.1) is 11.3 Å². The second kappa shape index (κ2) is 4.87. The third kappa shape index (κ3) is 2.85. The van der Waals surface area contributed by atoms with E-state index in [0.717, 1.165) is 24.8 Å². The molecule has 1 aromatic rings. The number of nitriles is 1. The van der Waals surface area contributed by atoms with Crippen molar-refractivity contribution in [3.05, 3.63) is 35.4 Å². The molecule has 1 aromatic carbocycles. The van der Waals surface area contributed by atoms with Gasteiger partial charge in [-0.05, 0) is 43.9 Å². The van der Waals surface area contributed by atoms with Crippen LogP contribution in [-0.2, 0) is 0 Å². The lowest BCUT2D eigenvalue weighted by Crippen LogP contribution is -2.46. The standard InChI is InChI=1S/C14H18N2O/c1-11(16-10-14(17)6-3-7-14)13-5-2-4-12(8-13)9-15/h2,4-5,8,11,16-17H,3,6-7,10H2,1H3. The Morgan fingerprint density at radius 2 is 2.29 bits per heavy atom. The molecule has 90 valence electrons. The molecule has 0 radical (unpaired) electrons. The Morgan fingerprint density at radius 1 is 1.53 bits per heavy atom. The van der Waals surface area contributed by atoms with Gasteiger partial charge in [0.05, 0.1) is 17.2 Å². The van der Waals surface area contributed by atoms with Crippen molar-refractivity contribution in [2.24, 2.45) is 0 Å². The highest BCUT2D eigenvalue weighted by Crippen LogP contribution is 2.31. The number of rotatable bonds is 4. The summed E-state index contributed by atoms with van der Waals surface area (Å²) in [5.41, 5.74) is 1.27. The molecule has 0 aliphatic heterocycles. The molecule has 1 fully saturated rings. The predicted octanol–water partition coefficient (Wildman–Crippen LogP) is 2.12. The predicted molar refractivity (Wildman–Crippen MR) is 66.4 cm³/mol. The van der Waals surface area contributed by atoms with Crippen molar-refractivity contribution in [3.63, 3.8) is 0 Å². The first-order chi connectivity index (χ1) is 8.13. The molecule has 3 heteroatoms. The van der Waals surface area contributed by atoms with Gasteiger partial charge in [0.15, 0.2) is 0 Å². The van der Waals surface area contributed by atoms with E-state index in [9.17, 15) is 5.11 Å². The highest BCUT2D eigenvalue weighted by atomic mass is 16.3. The Bertz CT molecular complexity index is 432. The Labute approximate surface area is 102 Å². The van der Waals surface area contributed by atoms with Crippen LogP contribution < -0.4 is 5.32 Å². The second-order valence-corrected chi connectivity index (χ2v) is 4.92. The van der Waals surface area contributed by atoms with Gasteiger partial charge in [0.2, 0.25) is 0 Å². The zero-order chi connectivity index (χ0) is 12.3. The van der Waals surface area contributed by atoms with Crippen LogP contribution in [0.3, 0.4) is 0 Å². The summed E-state index contributed by atoms with van der Waals surface area (Å²) in [6.45, 7) is 2.68. The van der Waals surface area contributed by atoms with Crippen LogP contribution >= 0.6 is 0 Å². The van der Waals surface area contributed by atoms with Gasteiger partial charge in [-0.3, -0.25) is 0 Å². The molecule has 17 heavy (non-hydrogen) atoms. The summed E-state index contributed by atoms with van der Waals surface area (Å²) in [6, 6.07) is 9.89. The Balaban J connectivity index is 1.94. The van der Waals surface area contributed by atoms with Gasteiger partial charge < -0.3 is 10.4 Å². The van der Waals surface area contributed by atoms with E-state index < -0.39 is 5.60 Å². The lowest BCUT2D eigenvalue weighted by atomic mass is 9.80. The number of benzene rings is 1. The van der Waals surface area contributed by atoms with Crippen molar-refractivity contribution in [1.82, 2.24) is 5.32 Å². The van der Waals surface area contributed by atoms with E-state index in [1.54, 1.807) is 6.07 Å². The average Bonchev–Trinajstić information content (AvgIpc) is 2.33. The number of hydrogen-bond acceptors (Lipinski definition) is 3. The van der Waals surface area contributed by atoms with Gasteiger partial charge in [0.1, 0.15) is 0 Å². The van der Waals surface area contributed by atoms with Crippen LogP contribution in [0.15, 0.2) is 24.3 Å². The zero-order valence-corrected chi connectivity index (χ0v) is 10.1. The number of nitrogens with one attached hydrogen (secondary N) is 1. The molecule has 1 atom stereocenters. The summed E-state index contributed by atoms with van der Waals surface area (Å²) in [7, 11) is 0. The van der Waals surface area contributed by atoms with E-state index in [1.165, 1.54) is 0 Å². The van der Waals surface area contributed by atoms with Gasteiger partial charge in [-0.15, -0.1) is 0 Å². The van der Waals surface area contributed by atoms with Crippen molar-refractivity contribution in [2.45, 2.75) is 37.8 Å². The normalized spacial score (nSPS) is 19.1. The van der Waals surface area contributed by atoms with Crippen molar-refractivity contribution < 1.29 is 5.11 Å². The Morgan fingerprint density at radius 3 is 2.88 bits per heavy atom. The molecular weight excluding hydrogens is 212 g/mol. The first-order valence-electron chi connectivity index (χ1n) is 6.09. The van der Waals surface area contributed by atoms with Gasteiger partial charge in [0, 0.05) is 12.6 Å². The number of nitrogens with zero attached hydrogens (tertiary/aromatic N) is 1. The fourth-order valence-corrected chi connectivity index (χ4v) is 2.10. The average molecular weight is 230 g/mol. The van der Waals surface area contributed by atoms with Gasteiger partial charge in [-0.25, -0.2) is 0 Å². The molecule has 0 aromatic heterocycles. The fraction of sp³-hybridized carbons (Fsp3) is 0.500. The summed E-state index contributed by atoms with van der Waals surface area (Å²) in [5, 5.41) is 22.2. The van der Waals surface area contributed by atoms with Crippen LogP contribution in [0.2, 0.25) is 0 Å². The number of aliphatic hydroxyl groups is 1. The summed E-state index contributed by atoms with van der Waals surface area (Å²) in [6.07, 6.45) is 2.91. The third-order valence-corrected chi connectivity index (χ3v) is 3.54. The van der Waals surface area contributed by atoms with E-state index in [1.807, 2.05) is 18.2 Å². The fourth-order valence-electron chi connectivity index (χ4n) is 2.10. The maximum atomic E-state index is 9.99. The summed E-state index contributed by atoms with van der Waals surface area (Å²) < 4.78 is 0. The van der Waals surface area contributed by atoms with E-state index >= 15 is 0 Å². The lowest BCUT2D eigenvalue weighted by molar-refractivity contribution is -0.0329. The minimum Gasteiger partial charge on any atom is -0.389 e. The van der Waals surface area contributed by atoms with Gasteiger partial charge in [-0.1, -0.05) is 12.1 Å². The molecule has 1 unspecified atom stereocenters. The molecular formula is C14H18N2O. The first-order valence-corrected chi connectivity index (χ1v) is 6.09. The van der Waals surface area contributed by atoms with Crippen LogP contribution in [0.1, 0.15) is 43.4 Å². The summed E-state index contributed by atoms with van der Waals surface area (Å²) in [4.78, 5) is 0. The maximum absolute atomic E-state index is 9.99. The highest BCUT2D eigenvalue weighted by molar-refractivity contribution is 5.34. The quantitative estimate of drug-likeness (QED) is 0.833. The lowest BCUT2D eigenvalue weighted by Gasteiger charge is -2.37. The number of hydrogen-bond donors (Lipinski definition) is 2. The summed E-state index contributed by atoms with van der Waals surface area (Å²) >= 11 is 0. The maximum Gasteiger partial charge on any atom is 0.0991 e. The molecule has 0 bridgehead atoms. The SMILES string of the molecule is CC(NCC1(O)CCC1)c1cccc(C#N)c1. The van der Waals surface area contributed by atoms with Crippen molar-refractivity contribution >= 4 is 0 Å². The molecule has 2 N–H and O–H groups in total. The van der Waals surface area contributed by atoms with Crippen LogP contribution in [0.25, 0.3) is 0 Å². The molecule has 0 spiro atoms. The molecule has 3 nitrogen and oxygen atoms in total. The highest BCUT2D eigenvalue weighted by Gasteiger charge is 2.34. The molecule has 0 saturated heterocycles. The molecule has 1 aliphatic carbocycles. The molecule has 0 amide bonds. The molecule has 1 saturated carbocycles. The summed E-state index contributed by atoms with van der Waals surface area (Å²) in [5.74, 6) is 0. The Hall–Kier alpha value is -1.37.